The first-order valence-corrected chi connectivity index (χ1v) is 3.66. The predicted molar refractivity (Wildman–Crippen MR) is 48.3 cm³/mol. The molecule has 3 nitrogen and oxygen atoms in total. The number of hydrogen-bond acceptors (Lipinski definition) is 2. The summed E-state index contributed by atoms with van der Waals surface area (Å²) in [6, 6.07) is -0.342. The summed E-state index contributed by atoms with van der Waals surface area (Å²) in [6.07, 6.45) is 6.76. The monoisotopic (exact) mass is 189 g/mol. The largest absolute Gasteiger partial charge is 0.480 e. The summed E-state index contributed by atoms with van der Waals surface area (Å²) in [6.45, 7) is 1.28. The van der Waals surface area contributed by atoms with Crippen molar-refractivity contribution in [1.82, 2.24) is 4.90 Å². The van der Waals surface area contributed by atoms with Crippen LogP contribution in [0.2, 0.25) is 0 Å². The van der Waals surface area contributed by atoms with Gasteiger partial charge in [-0.3, -0.25) is 9.69 Å². The van der Waals surface area contributed by atoms with Crippen LogP contribution < -0.4 is 0 Å². The van der Waals surface area contributed by atoms with Gasteiger partial charge in [0.15, 0.2) is 0 Å². The predicted octanol–water partition coefficient (Wildman–Crippen LogP) is 0.590. The molecular weight excluding hydrogens is 178 g/mol. The maximum atomic E-state index is 10.6. The van der Waals surface area contributed by atoms with E-state index in [0.717, 1.165) is 19.4 Å². The Morgan fingerprint density at radius 3 is 2.92 bits per heavy atom. The van der Waals surface area contributed by atoms with E-state index in [2.05, 4.69) is 5.92 Å². The molecule has 1 atom stereocenters. The molecular formula is C8H12ClNO2. The van der Waals surface area contributed by atoms with Crippen molar-refractivity contribution in [3.05, 3.63) is 0 Å². The van der Waals surface area contributed by atoms with Crippen LogP contribution in [0.25, 0.3) is 0 Å². The standard InChI is InChI=1S/C8H11NO2.ClH/c1-2-5-9-6-3-4-7(9)8(10)11;/h1,7H,3-6H2,(H,10,11);1H. The molecule has 1 heterocycles. The zero-order chi connectivity index (χ0) is 8.27. The lowest BCUT2D eigenvalue weighted by Crippen LogP contribution is -2.35. The number of nitrogens with zero attached hydrogens (tertiary/aromatic N) is 1. The molecule has 0 saturated carbocycles. The Balaban J connectivity index is 0.00000121. The molecule has 4 heteroatoms. The number of carboxylic acids is 1. The Morgan fingerprint density at radius 2 is 2.42 bits per heavy atom. The lowest BCUT2D eigenvalue weighted by atomic mass is 10.2. The first-order valence-electron chi connectivity index (χ1n) is 3.66. The summed E-state index contributed by atoms with van der Waals surface area (Å²) in [5, 5.41) is 8.70. The Hall–Kier alpha value is -0.720. The van der Waals surface area contributed by atoms with E-state index in [1.807, 2.05) is 4.90 Å². The number of terminal acetylenes is 1. The highest BCUT2D eigenvalue weighted by atomic mass is 35.5. The van der Waals surface area contributed by atoms with Gasteiger partial charge in [0.25, 0.3) is 0 Å². The average molecular weight is 190 g/mol. The Kier molecular flexibility index (Phi) is 4.72. The molecule has 0 aromatic heterocycles. The molecule has 0 amide bonds. The molecule has 1 aliphatic rings. The van der Waals surface area contributed by atoms with Crippen LogP contribution in [-0.2, 0) is 4.79 Å². The third kappa shape index (κ3) is 2.40. The lowest BCUT2D eigenvalue weighted by Gasteiger charge is -2.17. The molecule has 68 valence electrons. The maximum Gasteiger partial charge on any atom is 0.320 e. The van der Waals surface area contributed by atoms with Crippen molar-refractivity contribution in [2.45, 2.75) is 18.9 Å². The average Bonchev–Trinajstić information content (AvgIpc) is 2.36. The van der Waals surface area contributed by atoms with E-state index < -0.39 is 5.97 Å². The second kappa shape index (κ2) is 5.02. The van der Waals surface area contributed by atoms with E-state index in [0.29, 0.717) is 6.54 Å². The Labute approximate surface area is 78.2 Å². The van der Waals surface area contributed by atoms with Gasteiger partial charge in [-0.1, -0.05) is 5.92 Å². The smallest absolute Gasteiger partial charge is 0.320 e. The summed E-state index contributed by atoms with van der Waals surface area (Å²) in [5.41, 5.74) is 0. The second-order valence-electron chi connectivity index (χ2n) is 2.67. The highest BCUT2D eigenvalue weighted by molar-refractivity contribution is 5.85. The Morgan fingerprint density at radius 1 is 1.75 bits per heavy atom. The molecule has 1 unspecified atom stereocenters. The number of hydrogen-bond donors (Lipinski definition) is 1. The molecule has 1 saturated heterocycles. The Bertz CT molecular complexity index is 200. The highest BCUT2D eigenvalue weighted by Gasteiger charge is 2.29. The molecule has 1 N–H and O–H groups in total. The second-order valence-corrected chi connectivity index (χ2v) is 2.67. The van der Waals surface area contributed by atoms with Gasteiger partial charge in [-0.15, -0.1) is 18.8 Å². The number of aliphatic carboxylic acids is 1. The number of likely N-dealkylation sites (tertiary alicyclic amines) is 1. The van der Waals surface area contributed by atoms with E-state index in [1.165, 1.54) is 0 Å². The number of carbonyl (C=O) groups is 1. The quantitative estimate of drug-likeness (QED) is 0.647. The van der Waals surface area contributed by atoms with Crippen LogP contribution in [0.4, 0.5) is 0 Å². The fraction of sp³-hybridized carbons (Fsp3) is 0.625. The molecule has 1 fully saturated rings. The number of carboxylic acid groups (broad SMARTS) is 1. The SMILES string of the molecule is C#CCN1CCCC1C(=O)O.Cl. The van der Waals surface area contributed by atoms with Crippen LogP contribution in [0.1, 0.15) is 12.8 Å². The van der Waals surface area contributed by atoms with E-state index in [4.69, 9.17) is 11.5 Å². The van der Waals surface area contributed by atoms with Gasteiger partial charge in [0.2, 0.25) is 0 Å². The first kappa shape index (κ1) is 11.3. The van der Waals surface area contributed by atoms with Crippen molar-refractivity contribution in [2.75, 3.05) is 13.1 Å². The van der Waals surface area contributed by atoms with Gasteiger partial charge in [-0.05, 0) is 12.8 Å². The van der Waals surface area contributed by atoms with Gasteiger partial charge in [-0.25, -0.2) is 0 Å². The van der Waals surface area contributed by atoms with Gasteiger partial charge >= 0.3 is 5.97 Å². The van der Waals surface area contributed by atoms with Gasteiger partial charge in [0.1, 0.15) is 6.04 Å². The molecule has 0 radical (unpaired) electrons. The summed E-state index contributed by atoms with van der Waals surface area (Å²) >= 11 is 0. The zero-order valence-corrected chi connectivity index (χ0v) is 7.51. The van der Waals surface area contributed by atoms with Crippen LogP contribution in [-0.4, -0.2) is 35.1 Å². The van der Waals surface area contributed by atoms with Crippen molar-refractivity contribution in [3.8, 4) is 12.3 Å². The third-order valence-corrected chi connectivity index (χ3v) is 1.94. The lowest BCUT2D eigenvalue weighted by molar-refractivity contribution is -0.141. The van der Waals surface area contributed by atoms with Gasteiger partial charge < -0.3 is 5.11 Å². The van der Waals surface area contributed by atoms with Crippen LogP contribution in [0.15, 0.2) is 0 Å². The van der Waals surface area contributed by atoms with E-state index in [9.17, 15) is 4.79 Å². The van der Waals surface area contributed by atoms with Crippen molar-refractivity contribution in [1.29, 1.82) is 0 Å². The van der Waals surface area contributed by atoms with E-state index in [1.54, 1.807) is 0 Å². The molecule has 1 rings (SSSR count). The van der Waals surface area contributed by atoms with Crippen LogP contribution in [0.3, 0.4) is 0 Å². The summed E-state index contributed by atoms with van der Waals surface area (Å²) < 4.78 is 0. The summed E-state index contributed by atoms with van der Waals surface area (Å²) in [5.74, 6) is 1.71. The van der Waals surface area contributed by atoms with Crippen molar-refractivity contribution >= 4 is 18.4 Å². The normalized spacial score (nSPS) is 22.8. The third-order valence-electron chi connectivity index (χ3n) is 1.94. The molecule has 0 spiro atoms. The molecule has 1 aliphatic heterocycles. The fourth-order valence-electron chi connectivity index (χ4n) is 1.41. The van der Waals surface area contributed by atoms with Gasteiger partial charge in [0, 0.05) is 6.54 Å². The molecule has 0 bridgehead atoms. The minimum atomic E-state index is -0.752. The molecule has 0 aliphatic carbocycles. The van der Waals surface area contributed by atoms with Crippen LogP contribution in [0, 0.1) is 12.3 Å². The summed E-state index contributed by atoms with van der Waals surface area (Å²) in [7, 11) is 0. The maximum absolute atomic E-state index is 10.6. The van der Waals surface area contributed by atoms with Crippen molar-refractivity contribution in [2.24, 2.45) is 0 Å². The van der Waals surface area contributed by atoms with Crippen molar-refractivity contribution in [3.63, 3.8) is 0 Å². The van der Waals surface area contributed by atoms with E-state index >= 15 is 0 Å². The zero-order valence-electron chi connectivity index (χ0n) is 6.69. The van der Waals surface area contributed by atoms with E-state index in [-0.39, 0.29) is 18.4 Å². The topological polar surface area (TPSA) is 40.5 Å². The minimum absolute atomic E-state index is 0. The fourth-order valence-corrected chi connectivity index (χ4v) is 1.41. The minimum Gasteiger partial charge on any atom is -0.480 e. The number of rotatable bonds is 2. The highest BCUT2D eigenvalue weighted by Crippen LogP contribution is 2.15. The van der Waals surface area contributed by atoms with Gasteiger partial charge in [-0.2, -0.15) is 0 Å². The molecule has 0 aromatic carbocycles. The number of halogens is 1. The van der Waals surface area contributed by atoms with Gasteiger partial charge in [0.05, 0.1) is 6.54 Å². The van der Waals surface area contributed by atoms with Crippen molar-refractivity contribution < 1.29 is 9.90 Å². The van der Waals surface area contributed by atoms with Crippen LogP contribution >= 0.6 is 12.4 Å². The summed E-state index contributed by atoms with van der Waals surface area (Å²) in [4.78, 5) is 12.4. The van der Waals surface area contributed by atoms with Crippen LogP contribution in [0.5, 0.6) is 0 Å². The molecule has 0 aromatic rings. The first-order chi connectivity index (χ1) is 5.25. The molecule has 12 heavy (non-hydrogen) atoms.